The Bertz CT molecular complexity index is 410. The van der Waals surface area contributed by atoms with Crippen LogP contribution in [0.1, 0.15) is 46.2 Å². The lowest BCUT2D eigenvalue weighted by Crippen LogP contribution is -2.29. The second-order valence-electron chi connectivity index (χ2n) is 6.41. The Morgan fingerprint density at radius 1 is 1.32 bits per heavy atom. The van der Waals surface area contributed by atoms with Crippen molar-refractivity contribution in [3.63, 3.8) is 0 Å². The summed E-state index contributed by atoms with van der Waals surface area (Å²) in [7, 11) is 2.15. The van der Waals surface area contributed by atoms with Crippen LogP contribution in [0.15, 0.2) is 22.7 Å². The van der Waals surface area contributed by atoms with E-state index < -0.39 is 0 Å². The number of rotatable bonds is 5. The third-order valence-corrected chi connectivity index (χ3v) is 3.74. The highest BCUT2D eigenvalue weighted by molar-refractivity contribution is 9.10. The molecule has 2 nitrogen and oxygen atoms in total. The van der Waals surface area contributed by atoms with Gasteiger partial charge in [0.1, 0.15) is 0 Å². The van der Waals surface area contributed by atoms with E-state index in [9.17, 15) is 0 Å². The van der Waals surface area contributed by atoms with Crippen molar-refractivity contribution in [2.45, 2.75) is 40.7 Å². The van der Waals surface area contributed by atoms with Gasteiger partial charge in [-0.25, -0.2) is 0 Å². The second kappa shape index (κ2) is 6.76. The van der Waals surface area contributed by atoms with Gasteiger partial charge >= 0.3 is 0 Å². The summed E-state index contributed by atoms with van der Waals surface area (Å²) in [5.41, 5.74) is 2.87. The van der Waals surface area contributed by atoms with Crippen LogP contribution in [0.5, 0.6) is 0 Å². The molecule has 0 aromatic heterocycles. The summed E-state index contributed by atoms with van der Waals surface area (Å²) in [6.45, 7) is 13.1. The molecule has 0 bridgehead atoms. The summed E-state index contributed by atoms with van der Waals surface area (Å²) in [5, 5.41) is 3.44. The highest BCUT2D eigenvalue weighted by atomic mass is 79.9. The zero-order valence-corrected chi connectivity index (χ0v) is 14.6. The molecule has 0 fully saturated rings. The summed E-state index contributed by atoms with van der Waals surface area (Å²) in [6, 6.07) is 7.04. The van der Waals surface area contributed by atoms with Crippen molar-refractivity contribution in [1.29, 1.82) is 0 Å². The van der Waals surface area contributed by atoms with Crippen molar-refractivity contribution in [2.75, 3.05) is 25.0 Å². The van der Waals surface area contributed by atoms with Gasteiger partial charge in [0, 0.05) is 24.1 Å². The van der Waals surface area contributed by atoms with Gasteiger partial charge in [-0.1, -0.05) is 33.8 Å². The van der Waals surface area contributed by atoms with E-state index >= 15 is 0 Å². The van der Waals surface area contributed by atoms with Crippen LogP contribution in [0.25, 0.3) is 0 Å². The van der Waals surface area contributed by atoms with Crippen molar-refractivity contribution in [1.82, 2.24) is 5.32 Å². The smallest absolute Gasteiger partial charge is 0.0508 e. The van der Waals surface area contributed by atoms with Gasteiger partial charge < -0.3 is 10.2 Å². The Balaban J connectivity index is 2.88. The summed E-state index contributed by atoms with van der Waals surface area (Å²) in [6.07, 6.45) is 0. The lowest BCUT2D eigenvalue weighted by atomic mass is 9.96. The summed E-state index contributed by atoms with van der Waals surface area (Å²) in [5.74, 6) is 0. The number of halogens is 1. The van der Waals surface area contributed by atoms with E-state index in [-0.39, 0.29) is 0 Å². The quantitative estimate of drug-likeness (QED) is 0.850. The lowest BCUT2D eigenvalue weighted by molar-refractivity contribution is 0.419. The van der Waals surface area contributed by atoms with Crippen LogP contribution in [0, 0.1) is 5.41 Å². The molecule has 0 spiro atoms. The molecule has 3 heteroatoms. The molecule has 1 atom stereocenters. The van der Waals surface area contributed by atoms with Gasteiger partial charge in [-0.3, -0.25) is 0 Å². The Hall–Kier alpha value is -0.540. The van der Waals surface area contributed by atoms with Crippen LogP contribution in [-0.4, -0.2) is 20.1 Å². The molecule has 0 aliphatic carbocycles. The minimum atomic E-state index is 0.296. The maximum atomic E-state index is 3.71. The van der Waals surface area contributed by atoms with Gasteiger partial charge in [-0.2, -0.15) is 0 Å². The molecular weight excluding hydrogens is 300 g/mol. The van der Waals surface area contributed by atoms with Gasteiger partial charge in [0.05, 0.1) is 5.69 Å². The normalized spacial score (nSPS) is 13.4. The fourth-order valence-electron chi connectivity index (χ4n) is 2.32. The number of nitrogens with one attached hydrogen (secondary N) is 1. The highest BCUT2D eigenvalue weighted by Crippen LogP contribution is 2.30. The fraction of sp³-hybridized carbons (Fsp3) is 0.625. The van der Waals surface area contributed by atoms with E-state index in [2.05, 4.69) is 86.0 Å². The first-order valence-corrected chi connectivity index (χ1v) is 7.78. The number of hydrogen-bond acceptors (Lipinski definition) is 2. The van der Waals surface area contributed by atoms with E-state index in [0.29, 0.717) is 11.5 Å². The first-order valence-electron chi connectivity index (χ1n) is 6.98. The van der Waals surface area contributed by atoms with Gasteiger partial charge in [-0.05, 0) is 52.5 Å². The largest absolute Gasteiger partial charge is 0.373 e. The van der Waals surface area contributed by atoms with E-state index in [0.717, 1.165) is 13.1 Å². The van der Waals surface area contributed by atoms with Crippen LogP contribution in [0.4, 0.5) is 5.69 Å². The van der Waals surface area contributed by atoms with Crippen LogP contribution in [-0.2, 0) is 0 Å². The molecule has 0 saturated heterocycles. The topological polar surface area (TPSA) is 15.3 Å². The van der Waals surface area contributed by atoms with Crippen molar-refractivity contribution < 1.29 is 0 Å². The minimum Gasteiger partial charge on any atom is -0.373 e. The van der Waals surface area contributed by atoms with Gasteiger partial charge in [-0.15, -0.1) is 0 Å². The minimum absolute atomic E-state index is 0.296. The van der Waals surface area contributed by atoms with E-state index in [1.54, 1.807) is 0 Å². The highest BCUT2D eigenvalue weighted by Gasteiger charge is 2.16. The zero-order valence-electron chi connectivity index (χ0n) is 13.0. The van der Waals surface area contributed by atoms with E-state index in [4.69, 9.17) is 0 Å². The molecule has 1 N–H and O–H groups in total. The van der Waals surface area contributed by atoms with Gasteiger partial charge in [0.15, 0.2) is 0 Å². The van der Waals surface area contributed by atoms with E-state index in [1.165, 1.54) is 15.7 Å². The SMILES string of the molecule is CCNC(C)c1ccc(N(C)CC(C)(C)C)c(Br)c1. The Kier molecular flexibility index (Phi) is 5.87. The third kappa shape index (κ3) is 5.15. The van der Waals surface area contributed by atoms with Gasteiger partial charge in [0.2, 0.25) is 0 Å². The molecule has 1 aromatic carbocycles. The summed E-state index contributed by atoms with van der Waals surface area (Å²) in [4.78, 5) is 2.31. The molecule has 0 heterocycles. The van der Waals surface area contributed by atoms with Crippen molar-refractivity contribution >= 4 is 21.6 Å². The molecule has 1 rings (SSSR count). The molecule has 0 radical (unpaired) electrons. The number of nitrogens with zero attached hydrogens (tertiary/aromatic N) is 1. The number of hydrogen-bond donors (Lipinski definition) is 1. The van der Waals surface area contributed by atoms with Crippen LogP contribution >= 0.6 is 15.9 Å². The fourth-order valence-corrected chi connectivity index (χ4v) is 3.02. The predicted octanol–water partition coefficient (Wildman–Crippen LogP) is 4.60. The summed E-state index contributed by atoms with van der Waals surface area (Å²) < 4.78 is 1.17. The molecule has 0 amide bonds. The predicted molar refractivity (Wildman–Crippen MR) is 89.0 cm³/mol. The van der Waals surface area contributed by atoms with Crippen molar-refractivity contribution in [3.8, 4) is 0 Å². The lowest BCUT2D eigenvalue weighted by Gasteiger charge is -2.29. The van der Waals surface area contributed by atoms with Crippen LogP contribution in [0.2, 0.25) is 0 Å². The maximum Gasteiger partial charge on any atom is 0.0508 e. The first kappa shape index (κ1) is 16.5. The Morgan fingerprint density at radius 3 is 2.42 bits per heavy atom. The molecule has 0 aliphatic heterocycles. The van der Waals surface area contributed by atoms with Gasteiger partial charge in [0.25, 0.3) is 0 Å². The number of benzene rings is 1. The Labute approximate surface area is 126 Å². The van der Waals surface area contributed by atoms with Crippen LogP contribution < -0.4 is 10.2 Å². The average molecular weight is 327 g/mol. The molecule has 0 saturated carbocycles. The average Bonchev–Trinajstić information content (AvgIpc) is 2.26. The molecule has 108 valence electrons. The molecule has 1 aromatic rings. The number of anilines is 1. The molecule has 0 aliphatic rings. The monoisotopic (exact) mass is 326 g/mol. The van der Waals surface area contributed by atoms with Crippen molar-refractivity contribution in [3.05, 3.63) is 28.2 Å². The zero-order chi connectivity index (χ0) is 14.6. The first-order chi connectivity index (χ1) is 8.74. The molecule has 1 unspecified atom stereocenters. The van der Waals surface area contributed by atoms with Crippen LogP contribution in [0.3, 0.4) is 0 Å². The standard InChI is InChI=1S/C16H27BrN2/c1-7-18-12(2)13-8-9-15(14(17)10-13)19(6)11-16(3,4)5/h8-10,12,18H,7,11H2,1-6H3. The second-order valence-corrected chi connectivity index (χ2v) is 7.26. The summed E-state index contributed by atoms with van der Waals surface area (Å²) >= 11 is 3.71. The van der Waals surface area contributed by atoms with E-state index in [1.807, 2.05) is 0 Å². The molecule has 19 heavy (non-hydrogen) atoms. The third-order valence-electron chi connectivity index (χ3n) is 3.10. The van der Waals surface area contributed by atoms with Crippen molar-refractivity contribution in [2.24, 2.45) is 5.41 Å². The maximum absolute atomic E-state index is 3.71. The Morgan fingerprint density at radius 2 is 1.95 bits per heavy atom. The molecular formula is C16H27BrN2.